The van der Waals surface area contributed by atoms with Crippen LogP contribution in [0.2, 0.25) is 0 Å². The molecule has 0 radical (unpaired) electrons. The molecule has 6 nitrogen and oxygen atoms in total. The normalized spacial score (nSPS) is 15.7. The first-order valence-corrected chi connectivity index (χ1v) is 8.21. The predicted octanol–water partition coefficient (Wildman–Crippen LogP) is 1.38. The summed E-state index contributed by atoms with van der Waals surface area (Å²) < 4.78 is 28.7. The summed E-state index contributed by atoms with van der Waals surface area (Å²) in [5.41, 5.74) is 3.64. The number of allylic oxidation sites excluding steroid dienone is 1. The Morgan fingerprint density at radius 3 is 2.62 bits per heavy atom. The third kappa shape index (κ3) is 3.91. The third-order valence-electron chi connectivity index (χ3n) is 3.01. The van der Waals surface area contributed by atoms with Crippen LogP contribution in [0.25, 0.3) is 6.08 Å². The Morgan fingerprint density at radius 1 is 1.29 bits per heavy atom. The second-order valence-electron chi connectivity index (χ2n) is 4.65. The second-order valence-corrected chi connectivity index (χ2v) is 6.63. The van der Waals surface area contributed by atoms with Gasteiger partial charge in [-0.25, -0.2) is 13.8 Å². The zero-order valence-corrected chi connectivity index (χ0v) is 12.6. The van der Waals surface area contributed by atoms with Crippen molar-refractivity contribution in [3.05, 3.63) is 29.8 Å². The van der Waals surface area contributed by atoms with Crippen LogP contribution < -0.4 is 10.2 Å². The SMILES string of the molecule is COc1ccc(C=CC2=NNC(=O)CC2)c(S(C)(=O)=O)c1. The molecule has 1 aliphatic rings. The number of hydrogen-bond acceptors (Lipinski definition) is 5. The number of ether oxygens (including phenoxy) is 1. The average Bonchev–Trinajstić information content (AvgIpc) is 2.45. The van der Waals surface area contributed by atoms with Gasteiger partial charge in [0.05, 0.1) is 17.7 Å². The molecule has 21 heavy (non-hydrogen) atoms. The minimum absolute atomic E-state index is 0.117. The Kier molecular flexibility index (Phi) is 4.42. The van der Waals surface area contributed by atoms with Crippen LogP contribution in [0.4, 0.5) is 0 Å². The van der Waals surface area contributed by atoms with Crippen molar-refractivity contribution in [1.29, 1.82) is 0 Å². The van der Waals surface area contributed by atoms with E-state index in [0.717, 1.165) is 6.26 Å². The fraction of sp³-hybridized carbons (Fsp3) is 0.286. The van der Waals surface area contributed by atoms with Crippen molar-refractivity contribution in [2.45, 2.75) is 17.7 Å². The maximum atomic E-state index is 11.8. The number of sulfone groups is 1. The summed E-state index contributed by atoms with van der Waals surface area (Å²) in [5.74, 6) is 0.364. The minimum Gasteiger partial charge on any atom is -0.497 e. The number of nitrogens with zero attached hydrogens (tertiary/aromatic N) is 1. The molecule has 0 saturated carbocycles. The molecule has 0 fully saturated rings. The zero-order chi connectivity index (χ0) is 15.5. The molecule has 1 heterocycles. The van der Waals surface area contributed by atoms with Crippen molar-refractivity contribution in [3.63, 3.8) is 0 Å². The number of rotatable bonds is 4. The highest BCUT2D eigenvalue weighted by Gasteiger charge is 2.14. The van der Waals surface area contributed by atoms with E-state index in [9.17, 15) is 13.2 Å². The number of hydrazone groups is 1. The summed E-state index contributed by atoms with van der Waals surface area (Å²) in [6.45, 7) is 0. The molecule has 1 N–H and O–H groups in total. The molecular formula is C14H16N2O4S. The number of methoxy groups -OCH3 is 1. The van der Waals surface area contributed by atoms with E-state index < -0.39 is 9.84 Å². The van der Waals surface area contributed by atoms with E-state index in [-0.39, 0.29) is 10.8 Å². The van der Waals surface area contributed by atoms with E-state index in [1.165, 1.54) is 13.2 Å². The lowest BCUT2D eigenvalue weighted by Gasteiger charge is -2.09. The number of carbonyl (C=O) groups excluding carboxylic acids is 1. The second kappa shape index (κ2) is 6.09. The van der Waals surface area contributed by atoms with Crippen LogP contribution in [0.1, 0.15) is 18.4 Å². The van der Waals surface area contributed by atoms with Gasteiger partial charge in [0.25, 0.3) is 0 Å². The molecule has 0 spiro atoms. The van der Waals surface area contributed by atoms with Crippen LogP contribution in [0, 0.1) is 0 Å². The van der Waals surface area contributed by atoms with E-state index in [4.69, 9.17) is 4.74 Å². The Bertz CT molecular complexity index is 720. The first-order chi connectivity index (χ1) is 9.90. The molecule has 0 saturated heterocycles. The molecule has 7 heteroatoms. The van der Waals surface area contributed by atoms with Gasteiger partial charge in [0.2, 0.25) is 5.91 Å². The van der Waals surface area contributed by atoms with Crippen LogP contribution >= 0.6 is 0 Å². The average molecular weight is 308 g/mol. The summed E-state index contributed by atoms with van der Waals surface area (Å²) in [6, 6.07) is 4.85. The topological polar surface area (TPSA) is 84.8 Å². The molecule has 1 aliphatic heterocycles. The fourth-order valence-corrected chi connectivity index (χ4v) is 2.79. The molecule has 0 aromatic heterocycles. The Morgan fingerprint density at radius 2 is 2.05 bits per heavy atom. The van der Waals surface area contributed by atoms with Gasteiger partial charge in [-0.15, -0.1) is 0 Å². The van der Waals surface area contributed by atoms with Gasteiger partial charge < -0.3 is 4.74 Å². The van der Waals surface area contributed by atoms with Crippen molar-refractivity contribution < 1.29 is 17.9 Å². The van der Waals surface area contributed by atoms with Crippen LogP contribution in [-0.4, -0.2) is 33.4 Å². The summed E-state index contributed by atoms with van der Waals surface area (Å²) in [7, 11) is -1.89. The summed E-state index contributed by atoms with van der Waals surface area (Å²) in [6.07, 6.45) is 5.44. The molecule has 0 aliphatic carbocycles. The maximum Gasteiger partial charge on any atom is 0.240 e. The van der Waals surface area contributed by atoms with E-state index in [2.05, 4.69) is 10.5 Å². The molecule has 1 amide bonds. The van der Waals surface area contributed by atoms with Gasteiger partial charge in [0.1, 0.15) is 5.75 Å². The largest absolute Gasteiger partial charge is 0.497 e. The monoisotopic (exact) mass is 308 g/mol. The lowest BCUT2D eigenvalue weighted by Crippen LogP contribution is -2.24. The van der Waals surface area contributed by atoms with Crippen molar-refractivity contribution in [3.8, 4) is 5.75 Å². The predicted molar refractivity (Wildman–Crippen MR) is 79.9 cm³/mol. The van der Waals surface area contributed by atoms with E-state index in [1.807, 2.05) is 0 Å². The first kappa shape index (κ1) is 15.2. The Hall–Kier alpha value is -2.15. The van der Waals surface area contributed by atoms with Gasteiger partial charge in [-0.1, -0.05) is 6.08 Å². The van der Waals surface area contributed by atoms with Crippen LogP contribution in [0.3, 0.4) is 0 Å². The Balaban J connectivity index is 2.34. The van der Waals surface area contributed by atoms with E-state index >= 15 is 0 Å². The molecule has 1 aromatic carbocycles. The fourth-order valence-electron chi connectivity index (χ4n) is 1.89. The van der Waals surface area contributed by atoms with Crippen molar-refractivity contribution in [2.75, 3.05) is 13.4 Å². The Labute approximate surface area is 123 Å². The minimum atomic E-state index is -3.37. The zero-order valence-electron chi connectivity index (χ0n) is 11.8. The number of carbonyl (C=O) groups is 1. The lowest BCUT2D eigenvalue weighted by atomic mass is 10.1. The van der Waals surface area contributed by atoms with Gasteiger partial charge in [0.15, 0.2) is 9.84 Å². The quantitative estimate of drug-likeness (QED) is 0.910. The number of nitrogens with one attached hydrogen (secondary N) is 1. The molecule has 112 valence electrons. The maximum absolute atomic E-state index is 11.8. The highest BCUT2D eigenvalue weighted by molar-refractivity contribution is 7.90. The standard InChI is InChI=1S/C14H16N2O4S/c1-20-12-7-4-10(13(9-12)21(2,18)19)3-5-11-6-8-14(17)16-15-11/h3-5,7,9H,6,8H2,1-2H3,(H,16,17). The van der Waals surface area contributed by atoms with Crippen molar-refractivity contribution in [1.82, 2.24) is 5.43 Å². The van der Waals surface area contributed by atoms with Crippen molar-refractivity contribution in [2.24, 2.45) is 5.10 Å². The highest BCUT2D eigenvalue weighted by atomic mass is 32.2. The van der Waals surface area contributed by atoms with Gasteiger partial charge in [-0.2, -0.15) is 5.10 Å². The summed E-state index contributed by atoms with van der Waals surface area (Å²) in [4.78, 5) is 11.2. The highest BCUT2D eigenvalue weighted by Crippen LogP contribution is 2.23. The molecule has 0 atom stereocenters. The summed E-state index contributed by atoms with van der Waals surface area (Å²) >= 11 is 0. The van der Waals surface area contributed by atoms with Crippen LogP contribution in [0.5, 0.6) is 5.75 Å². The third-order valence-corrected chi connectivity index (χ3v) is 4.16. The molecule has 1 aromatic rings. The molecular weight excluding hydrogens is 292 g/mol. The lowest BCUT2D eigenvalue weighted by molar-refractivity contribution is -0.121. The van der Waals surface area contributed by atoms with Gasteiger partial charge in [0, 0.05) is 19.1 Å². The van der Waals surface area contributed by atoms with Gasteiger partial charge in [-0.05, 0) is 29.8 Å². The molecule has 0 bridgehead atoms. The van der Waals surface area contributed by atoms with Crippen LogP contribution in [0.15, 0.2) is 34.3 Å². The van der Waals surface area contributed by atoms with Crippen LogP contribution in [-0.2, 0) is 14.6 Å². The molecule has 0 unspecified atom stereocenters. The van der Waals surface area contributed by atoms with E-state index in [1.54, 1.807) is 24.3 Å². The van der Waals surface area contributed by atoms with E-state index in [0.29, 0.717) is 29.9 Å². The van der Waals surface area contributed by atoms with Crippen molar-refractivity contribution >= 4 is 27.5 Å². The van der Waals surface area contributed by atoms with Gasteiger partial charge >= 0.3 is 0 Å². The first-order valence-electron chi connectivity index (χ1n) is 6.32. The molecule has 2 rings (SSSR count). The number of benzene rings is 1. The summed E-state index contributed by atoms with van der Waals surface area (Å²) in [5, 5.41) is 3.91. The number of amides is 1. The van der Waals surface area contributed by atoms with Gasteiger partial charge in [-0.3, -0.25) is 4.79 Å². The number of hydrogen-bond donors (Lipinski definition) is 1. The smallest absolute Gasteiger partial charge is 0.240 e.